The van der Waals surface area contributed by atoms with Crippen molar-refractivity contribution in [2.24, 2.45) is 0 Å². The van der Waals surface area contributed by atoms with Crippen molar-refractivity contribution in [3.63, 3.8) is 0 Å². The Morgan fingerprint density at radius 1 is 0.405 bits per heavy atom. The third kappa shape index (κ3) is 3.22. The van der Waals surface area contributed by atoms with Gasteiger partial charge in [-0.2, -0.15) is 0 Å². The van der Waals surface area contributed by atoms with Crippen LogP contribution in [0.4, 0.5) is 4.39 Å². The van der Waals surface area contributed by atoms with Crippen LogP contribution in [0.5, 0.6) is 0 Å². The van der Waals surface area contributed by atoms with Crippen LogP contribution in [0.1, 0.15) is 5.56 Å². The van der Waals surface area contributed by atoms with Crippen LogP contribution in [0.2, 0.25) is 0 Å². The number of hydrogen-bond acceptors (Lipinski definition) is 0. The van der Waals surface area contributed by atoms with Crippen LogP contribution < -0.4 is 0 Å². The van der Waals surface area contributed by atoms with E-state index in [9.17, 15) is 4.39 Å². The van der Waals surface area contributed by atoms with Crippen LogP contribution >= 0.6 is 0 Å². The van der Waals surface area contributed by atoms with Crippen LogP contribution in [-0.4, -0.2) is 0 Å². The zero-order chi connectivity index (χ0) is 27.9. The van der Waals surface area contributed by atoms with Crippen molar-refractivity contribution in [1.29, 1.82) is 0 Å². The van der Waals surface area contributed by atoms with E-state index in [4.69, 9.17) is 0 Å². The fraction of sp³-hybridized carbons (Fsp3) is 0.0244. The second-order valence-electron chi connectivity index (χ2n) is 11.5. The molecule has 9 rings (SSSR count). The molecule has 0 aromatic heterocycles. The molecule has 0 bridgehead atoms. The molecule has 0 aliphatic heterocycles. The Kier molecular flexibility index (Phi) is 4.81. The minimum atomic E-state index is -0.209. The van der Waals surface area contributed by atoms with Gasteiger partial charge in [-0.3, -0.25) is 0 Å². The summed E-state index contributed by atoms with van der Waals surface area (Å²) in [7, 11) is 0. The van der Waals surface area contributed by atoms with Crippen molar-refractivity contribution in [3.8, 4) is 22.3 Å². The number of halogens is 1. The third-order valence-electron chi connectivity index (χ3n) is 9.17. The molecule has 0 spiro atoms. The van der Waals surface area contributed by atoms with Gasteiger partial charge in [-0.15, -0.1) is 0 Å². The number of hydrogen-bond donors (Lipinski definition) is 0. The smallest absolute Gasteiger partial charge is 0.123 e. The first-order chi connectivity index (χ1) is 20.7. The van der Waals surface area contributed by atoms with E-state index in [0.717, 1.165) is 16.3 Å². The fourth-order valence-electron chi connectivity index (χ4n) is 7.27. The van der Waals surface area contributed by atoms with Gasteiger partial charge in [-0.25, -0.2) is 4.39 Å². The van der Waals surface area contributed by atoms with Crippen LogP contribution in [-0.2, 0) is 0 Å². The molecule has 0 amide bonds. The van der Waals surface area contributed by atoms with Crippen LogP contribution in [0.15, 0.2) is 133 Å². The molecule has 0 unspecified atom stereocenters. The number of benzene rings is 9. The van der Waals surface area contributed by atoms with Gasteiger partial charge in [0.25, 0.3) is 0 Å². The zero-order valence-corrected chi connectivity index (χ0v) is 23.1. The monoisotopic (exact) mass is 536 g/mol. The molecule has 196 valence electrons. The number of rotatable bonds is 2. The summed E-state index contributed by atoms with van der Waals surface area (Å²) in [5.74, 6) is -0.209. The van der Waals surface area contributed by atoms with Crippen LogP contribution in [0.3, 0.4) is 0 Å². The molecule has 0 saturated heterocycles. The van der Waals surface area contributed by atoms with Gasteiger partial charge < -0.3 is 0 Å². The highest BCUT2D eigenvalue weighted by Gasteiger charge is 2.20. The van der Waals surface area contributed by atoms with E-state index in [1.54, 1.807) is 12.1 Å². The highest BCUT2D eigenvalue weighted by molar-refractivity contribution is 6.29. The lowest BCUT2D eigenvalue weighted by molar-refractivity contribution is 0.630. The summed E-state index contributed by atoms with van der Waals surface area (Å²) in [4.78, 5) is 0. The summed E-state index contributed by atoms with van der Waals surface area (Å²) >= 11 is 0. The first-order valence-electron chi connectivity index (χ1n) is 14.5. The van der Waals surface area contributed by atoms with Crippen LogP contribution in [0.25, 0.3) is 86.9 Å². The molecule has 9 aromatic carbocycles. The summed E-state index contributed by atoms with van der Waals surface area (Å²) in [5.41, 5.74) is 6.18. The summed E-state index contributed by atoms with van der Waals surface area (Å²) in [5, 5.41) is 14.7. The fourth-order valence-corrected chi connectivity index (χ4v) is 7.27. The maximum atomic E-state index is 13.9. The third-order valence-corrected chi connectivity index (χ3v) is 9.17. The lowest BCUT2D eigenvalue weighted by atomic mass is 9.83. The standard InChI is InChI=1S/C41H25F/c1-24-10-11-25-16-20-36-37(21-17-26-15-19-31(24)39(25)40(26)36)41-34-8-4-2-6-32(34)38(33-7-3-5-9-35(33)41)29-13-12-28-23-30(42)18-14-27(28)22-29/h2-23H,1H3. The first kappa shape index (κ1) is 23.4. The van der Waals surface area contributed by atoms with E-state index in [-0.39, 0.29) is 5.82 Å². The molecule has 42 heavy (non-hydrogen) atoms. The Balaban J connectivity index is 1.42. The molecule has 0 aliphatic rings. The molecule has 9 aromatic rings. The van der Waals surface area contributed by atoms with Gasteiger partial charge in [0.05, 0.1) is 0 Å². The number of aryl methyl sites for hydroxylation is 1. The second kappa shape index (κ2) is 8.61. The lowest BCUT2D eigenvalue weighted by Gasteiger charge is -2.20. The zero-order valence-electron chi connectivity index (χ0n) is 23.1. The molecule has 0 N–H and O–H groups in total. The molecule has 0 atom stereocenters. The van der Waals surface area contributed by atoms with E-state index in [1.807, 2.05) is 12.1 Å². The largest absolute Gasteiger partial charge is 0.207 e. The Morgan fingerprint density at radius 3 is 1.64 bits per heavy atom. The van der Waals surface area contributed by atoms with E-state index in [2.05, 4.69) is 116 Å². The normalized spacial score (nSPS) is 12.0. The Labute approximate surface area is 242 Å². The van der Waals surface area contributed by atoms with Crippen molar-refractivity contribution in [3.05, 3.63) is 145 Å². The topological polar surface area (TPSA) is 0 Å². The minimum Gasteiger partial charge on any atom is -0.207 e. The predicted molar refractivity (Wildman–Crippen MR) is 178 cm³/mol. The van der Waals surface area contributed by atoms with Gasteiger partial charge in [-0.1, -0.05) is 115 Å². The SMILES string of the molecule is Cc1ccc2ccc3c(-c4c5ccccc5c(-c5ccc6cc(F)ccc6c5)c5ccccc45)ccc4ccc1c2c43. The highest BCUT2D eigenvalue weighted by atomic mass is 19.1. The summed E-state index contributed by atoms with van der Waals surface area (Å²) in [6.07, 6.45) is 0. The average molecular weight is 537 g/mol. The van der Waals surface area contributed by atoms with Crippen molar-refractivity contribution in [2.75, 3.05) is 0 Å². The van der Waals surface area contributed by atoms with E-state index in [0.29, 0.717) is 0 Å². The van der Waals surface area contributed by atoms with E-state index >= 15 is 0 Å². The van der Waals surface area contributed by atoms with Gasteiger partial charge >= 0.3 is 0 Å². The molecule has 0 aliphatic carbocycles. The van der Waals surface area contributed by atoms with E-state index < -0.39 is 0 Å². The number of fused-ring (bicyclic) bond motifs is 3. The van der Waals surface area contributed by atoms with Gasteiger partial charge in [0.15, 0.2) is 0 Å². The Morgan fingerprint density at radius 2 is 0.929 bits per heavy atom. The van der Waals surface area contributed by atoms with Crippen LogP contribution in [0, 0.1) is 12.7 Å². The lowest BCUT2D eigenvalue weighted by Crippen LogP contribution is -1.93. The molecule has 0 heterocycles. The predicted octanol–water partition coefficient (Wildman–Crippen LogP) is 11.8. The van der Waals surface area contributed by atoms with Crippen molar-refractivity contribution < 1.29 is 4.39 Å². The summed E-state index contributed by atoms with van der Waals surface area (Å²) in [6.45, 7) is 2.20. The maximum Gasteiger partial charge on any atom is 0.123 e. The Bertz CT molecular complexity index is 2480. The first-order valence-corrected chi connectivity index (χ1v) is 14.5. The second-order valence-corrected chi connectivity index (χ2v) is 11.5. The van der Waals surface area contributed by atoms with Gasteiger partial charge in [0, 0.05) is 0 Å². The molecule has 0 nitrogen and oxygen atoms in total. The molecule has 0 fully saturated rings. The molecule has 0 radical (unpaired) electrons. The summed E-state index contributed by atoms with van der Waals surface area (Å²) < 4.78 is 13.9. The Hall–Kier alpha value is -5.27. The highest BCUT2D eigenvalue weighted by Crippen LogP contribution is 2.47. The maximum absolute atomic E-state index is 13.9. The van der Waals surface area contributed by atoms with Gasteiger partial charge in [0.2, 0.25) is 0 Å². The molecular formula is C41H25F. The van der Waals surface area contributed by atoms with E-state index in [1.165, 1.54) is 76.1 Å². The molecular weight excluding hydrogens is 511 g/mol. The average Bonchev–Trinajstić information content (AvgIpc) is 3.03. The summed E-state index contributed by atoms with van der Waals surface area (Å²) in [6, 6.07) is 47.2. The van der Waals surface area contributed by atoms with Crippen molar-refractivity contribution in [1.82, 2.24) is 0 Å². The molecule has 1 heteroatoms. The minimum absolute atomic E-state index is 0.209. The van der Waals surface area contributed by atoms with Crippen molar-refractivity contribution >= 4 is 64.6 Å². The quantitative estimate of drug-likeness (QED) is 0.152. The van der Waals surface area contributed by atoms with Crippen molar-refractivity contribution in [2.45, 2.75) is 6.92 Å². The van der Waals surface area contributed by atoms with Gasteiger partial charge in [0.1, 0.15) is 5.82 Å². The van der Waals surface area contributed by atoms with Gasteiger partial charge in [-0.05, 0) is 118 Å². The molecule has 0 saturated carbocycles.